The maximum Gasteiger partial charge on any atom is 0.138 e. The van der Waals surface area contributed by atoms with Crippen LogP contribution >= 0.6 is 0 Å². The minimum atomic E-state index is -0.285. The number of nitrogens with zero attached hydrogens (tertiary/aromatic N) is 1. The molecule has 1 aromatic rings. The summed E-state index contributed by atoms with van der Waals surface area (Å²) in [5.41, 5.74) is 1.90. The summed E-state index contributed by atoms with van der Waals surface area (Å²) in [6, 6.07) is 7.73. The average molecular weight is 201 g/mol. The van der Waals surface area contributed by atoms with E-state index in [0.717, 1.165) is 16.9 Å². The number of fused-ring (bicyclic) bond motifs is 1. The molecule has 3 heteroatoms. The number of carbonyl (C=O) groups is 1. The van der Waals surface area contributed by atoms with Crippen LogP contribution in [0.2, 0.25) is 0 Å². The van der Waals surface area contributed by atoms with Gasteiger partial charge in [0.2, 0.25) is 0 Å². The van der Waals surface area contributed by atoms with Crippen LogP contribution in [0.1, 0.15) is 23.5 Å². The number of ketones is 1. The van der Waals surface area contributed by atoms with E-state index in [1.165, 1.54) is 0 Å². The highest BCUT2D eigenvalue weighted by Crippen LogP contribution is 2.31. The van der Waals surface area contributed by atoms with Crippen LogP contribution in [-0.4, -0.2) is 12.9 Å². The Morgan fingerprint density at radius 1 is 1.53 bits per heavy atom. The van der Waals surface area contributed by atoms with E-state index in [-0.39, 0.29) is 11.7 Å². The molecule has 0 N–H and O–H groups in total. The molecule has 15 heavy (non-hydrogen) atoms. The fourth-order valence-electron chi connectivity index (χ4n) is 1.94. The summed E-state index contributed by atoms with van der Waals surface area (Å²) in [5.74, 6) is 0.578. The predicted molar refractivity (Wildman–Crippen MR) is 54.7 cm³/mol. The molecule has 76 valence electrons. The van der Waals surface area contributed by atoms with Crippen LogP contribution < -0.4 is 4.74 Å². The topological polar surface area (TPSA) is 50.1 Å². The van der Waals surface area contributed by atoms with E-state index < -0.39 is 0 Å². The van der Waals surface area contributed by atoms with Gasteiger partial charge in [-0.2, -0.15) is 5.26 Å². The van der Waals surface area contributed by atoms with Gasteiger partial charge in [0.25, 0.3) is 0 Å². The first-order valence-electron chi connectivity index (χ1n) is 4.82. The van der Waals surface area contributed by atoms with Gasteiger partial charge < -0.3 is 4.74 Å². The largest absolute Gasteiger partial charge is 0.497 e. The third kappa shape index (κ3) is 1.71. The Hall–Kier alpha value is -1.82. The van der Waals surface area contributed by atoms with Crippen LogP contribution in [0.15, 0.2) is 18.2 Å². The number of ether oxygens (including phenoxy) is 1. The maximum absolute atomic E-state index is 11.4. The number of hydrogen-bond acceptors (Lipinski definition) is 3. The van der Waals surface area contributed by atoms with Crippen LogP contribution in [0.4, 0.5) is 0 Å². The van der Waals surface area contributed by atoms with E-state index in [0.29, 0.717) is 12.8 Å². The lowest BCUT2D eigenvalue weighted by atomic mass is 9.83. The van der Waals surface area contributed by atoms with Crippen molar-refractivity contribution in [1.29, 1.82) is 5.26 Å². The first-order chi connectivity index (χ1) is 7.24. The van der Waals surface area contributed by atoms with E-state index in [9.17, 15) is 4.79 Å². The van der Waals surface area contributed by atoms with Crippen molar-refractivity contribution in [3.63, 3.8) is 0 Å². The molecule has 0 heterocycles. The molecular weight excluding hydrogens is 190 g/mol. The third-order valence-electron chi connectivity index (χ3n) is 2.70. The van der Waals surface area contributed by atoms with E-state index in [2.05, 4.69) is 6.07 Å². The molecule has 0 saturated carbocycles. The van der Waals surface area contributed by atoms with Gasteiger partial charge in [-0.05, 0) is 23.3 Å². The number of methoxy groups -OCH3 is 1. The molecule has 1 atom stereocenters. The number of hydrogen-bond donors (Lipinski definition) is 0. The lowest BCUT2D eigenvalue weighted by molar-refractivity contribution is -0.118. The lowest BCUT2D eigenvalue weighted by Gasteiger charge is -2.19. The van der Waals surface area contributed by atoms with Crippen LogP contribution in [-0.2, 0) is 11.2 Å². The van der Waals surface area contributed by atoms with Gasteiger partial charge in [-0.1, -0.05) is 6.07 Å². The first-order valence-corrected chi connectivity index (χ1v) is 4.82. The first kappa shape index (κ1) is 9.72. The number of nitriles is 1. The molecule has 3 nitrogen and oxygen atoms in total. The molecule has 0 bridgehead atoms. The highest BCUT2D eigenvalue weighted by atomic mass is 16.5. The number of Topliss-reactive ketones (excluding diaryl/α,β-unsaturated/α-hetero) is 1. The van der Waals surface area contributed by atoms with Gasteiger partial charge in [0, 0.05) is 12.8 Å². The van der Waals surface area contributed by atoms with E-state index in [1.807, 2.05) is 18.2 Å². The Balaban J connectivity index is 2.47. The zero-order valence-electron chi connectivity index (χ0n) is 8.49. The molecule has 0 saturated heterocycles. The van der Waals surface area contributed by atoms with E-state index in [4.69, 9.17) is 10.00 Å². The summed E-state index contributed by atoms with van der Waals surface area (Å²) in [6.07, 6.45) is 0.764. The van der Waals surface area contributed by atoms with E-state index >= 15 is 0 Å². The number of carbonyl (C=O) groups excluding carboxylic acids is 1. The van der Waals surface area contributed by atoms with Gasteiger partial charge >= 0.3 is 0 Å². The summed E-state index contributed by atoms with van der Waals surface area (Å²) in [7, 11) is 1.59. The quantitative estimate of drug-likeness (QED) is 0.696. The molecule has 0 spiro atoms. The minimum Gasteiger partial charge on any atom is -0.497 e. The Morgan fingerprint density at radius 2 is 2.33 bits per heavy atom. The Labute approximate surface area is 88.3 Å². The Kier molecular flexibility index (Phi) is 2.42. The molecule has 1 aliphatic rings. The molecule has 0 aromatic heterocycles. The van der Waals surface area contributed by atoms with Gasteiger partial charge in [0.1, 0.15) is 11.5 Å². The molecule has 0 radical (unpaired) electrons. The summed E-state index contributed by atoms with van der Waals surface area (Å²) >= 11 is 0. The van der Waals surface area contributed by atoms with E-state index in [1.54, 1.807) is 7.11 Å². The van der Waals surface area contributed by atoms with Crippen molar-refractivity contribution < 1.29 is 9.53 Å². The van der Waals surface area contributed by atoms with Crippen LogP contribution in [0, 0.1) is 11.3 Å². The molecule has 0 amide bonds. The molecule has 2 rings (SSSR count). The number of benzene rings is 1. The van der Waals surface area contributed by atoms with Crippen LogP contribution in [0.25, 0.3) is 0 Å². The highest BCUT2D eigenvalue weighted by Gasteiger charge is 2.25. The summed E-state index contributed by atoms with van der Waals surface area (Å²) in [6.45, 7) is 0. The van der Waals surface area contributed by atoms with Gasteiger partial charge in [-0.3, -0.25) is 4.79 Å². The lowest BCUT2D eigenvalue weighted by Crippen LogP contribution is -2.17. The molecule has 0 aliphatic heterocycles. The zero-order chi connectivity index (χ0) is 10.8. The summed E-state index contributed by atoms with van der Waals surface area (Å²) in [4.78, 5) is 11.4. The predicted octanol–water partition coefficient (Wildman–Crippen LogP) is 1.82. The Morgan fingerprint density at radius 3 is 3.00 bits per heavy atom. The normalized spacial score (nSPS) is 19.2. The molecule has 0 fully saturated rings. The minimum absolute atomic E-state index is 0.127. The molecule has 1 unspecified atom stereocenters. The van der Waals surface area contributed by atoms with Crippen LogP contribution in [0.5, 0.6) is 5.75 Å². The van der Waals surface area contributed by atoms with Crippen molar-refractivity contribution in [2.24, 2.45) is 0 Å². The van der Waals surface area contributed by atoms with Crippen molar-refractivity contribution in [1.82, 2.24) is 0 Å². The number of rotatable bonds is 1. The Bertz CT molecular complexity index is 445. The second-order valence-electron chi connectivity index (χ2n) is 3.67. The second kappa shape index (κ2) is 3.74. The zero-order valence-corrected chi connectivity index (χ0v) is 8.49. The molecule has 1 aromatic carbocycles. The second-order valence-corrected chi connectivity index (χ2v) is 3.67. The van der Waals surface area contributed by atoms with Gasteiger partial charge in [-0.15, -0.1) is 0 Å². The standard InChI is InChI=1S/C12H11NO2/c1-15-11-2-3-12-8(6-11)4-10(14)5-9(12)7-13/h2-3,6,9H,4-5H2,1H3. The summed E-state index contributed by atoms with van der Waals surface area (Å²) < 4.78 is 5.09. The fourth-order valence-corrected chi connectivity index (χ4v) is 1.94. The smallest absolute Gasteiger partial charge is 0.138 e. The van der Waals surface area contributed by atoms with Gasteiger partial charge in [-0.25, -0.2) is 0 Å². The maximum atomic E-state index is 11.4. The van der Waals surface area contributed by atoms with Crippen molar-refractivity contribution in [3.05, 3.63) is 29.3 Å². The van der Waals surface area contributed by atoms with Crippen molar-refractivity contribution in [2.75, 3.05) is 7.11 Å². The highest BCUT2D eigenvalue weighted by molar-refractivity contribution is 5.84. The van der Waals surface area contributed by atoms with Crippen molar-refractivity contribution >= 4 is 5.78 Å². The molecular formula is C12H11NO2. The SMILES string of the molecule is COc1ccc2c(c1)CC(=O)CC2C#N. The van der Waals surface area contributed by atoms with Crippen LogP contribution in [0.3, 0.4) is 0 Å². The van der Waals surface area contributed by atoms with Crippen molar-refractivity contribution in [2.45, 2.75) is 18.8 Å². The fraction of sp³-hybridized carbons (Fsp3) is 0.333. The average Bonchev–Trinajstić information content (AvgIpc) is 2.26. The van der Waals surface area contributed by atoms with Gasteiger partial charge in [0.15, 0.2) is 0 Å². The summed E-state index contributed by atoms with van der Waals surface area (Å²) in [5, 5.41) is 8.95. The third-order valence-corrected chi connectivity index (χ3v) is 2.70. The monoisotopic (exact) mass is 201 g/mol. The molecule has 1 aliphatic carbocycles. The van der Waals surface area contributed by atoms with Gasteiger partial charge in [0.05, 0.1) is 19.1 Å². The van der Waals surface area contributed by atoms with Crippen molar-refractivity contribution in [3.8, 4) is 11.8 Å².